The Hall–Kier alpha value is -1.99. The molecule has 0 bridgehead atoms. The molecule has 2 atom stereocenters. The molecular weight excluding hydrogens is 324 g/mol. The van der Waals surface area contributed by atoms with Crippen molar-refractivity contribution in [1.29, 1.82) is 0 Å². The highest BCUT2D eigenvalue weighted by atomic mass is 32.1. The third-order valence-electron chi connectivity index (χ3n) is 4.18. The Morgan fingerprint density at radius 2 is 2.00 bits per heavy atom. The lowest BCUT2D eigenvalue weighted by molar-refractivity contribution is 0.177. The Morgan fingerprint density at radius 1 is 1.25 bits per heavy atom. The van der Waals surface area contributed by atoms with Crippen molar-refractivity contribution in [3.63, 3.8) is 0 Å². The summed E-state index contributed by atoms with van der Waals surface area (Å²) in [7, 11) is 0. The number of carbonyl (C=O) groups excluding carboxylic acids is 1. The number of amides is 2. The number of nitrogens with one attached hydrogen (secondary N) is 2. The van der Waals surface area contributed by atoms with Gasteiger partial charge < -0.3 is 10.4 Å². The number of hydrogen-bond donors (Lipinski definition) is 3. The molecule has 0 spiro atoms. The highest BCUT2D eigenvalue weighted by Gasteiger charge is 2.23. The van der Waals surface area contributed by atoms with Crippen molar-refractivity contribution in [2.75, 3.05) is 11.9 Å². The van der Waals surface area contributed by atoms with E-state index >= 15 is 0 Å². The van der Waals surface area contributed by atoms with Gasteiger partial charge in [0.25, 0.3) is 0 Å². The van der Waals surface area contributed by atoms with Gasteiger partial charge in [0.05, 0.1) is 6.10 Å². The second kappa shape index (κ2) is 7.27. The molecule has 1 aliphatic rings. The molecule has 1 aliphatic carbocycles. The van der Waals surface area contributed by atoms with E-state index in [0.717, 1.165) is 29.8 Å². The summed E-state index contributed by atoms with van der Waals surface area (Å²) >= 11 is 1.36. The minimum absolute atomic E-state index is 0.219. The molecule has 1 heterocycles. The van der Waals surface area contributed by atoms with Gasteiger partial charge in [-0.2, -0.15) is 0 Å². The summed E-state index contributed by atoms with van der Waals surface area (Å²) in [6, 6.07) is 5.95. The predicted molar refractivity (Wildman–Crippen MR) is 95.2 cm³/mol. The monoisotopic (exact) mass is 346 g/mol. The first kappa shape index (κ1) is 16.9. The zero-order valence-corrected chi connectivity index (χ0v) is 14.7. The van der Waals surface area contributed by atoms with Crippen molar-refractivity contribution >= 4 is 22.5 Å². The van der Waals surface area contributed by atoms with Crippen LogP contribution in [0.2, 0.25) is 0 Å². The van der Waals surface area contributed by atoms with Crippen LogP contribution in [0, 0.1) is 19.8 Å². The number of aliphatic hydroxyl groups is 1. The Labute approximate surface area is 145 Å². The van der Waals surface area contributed by atoms with E-state index in [-0.39, 0.29) is 12.1 Å². The van der Waals surface area contributed by atoms with Gasteiger partial charge in [0.1, 0.15) is 5.01 Å². The number of aliphatic hydroxyl groups excluding tert-OH is 1. The van der Waals surface area contributed by atoms with E-state index in [4.69, 9.17) is 0 Å². The number of aromatic nitrogens is 2. The van der Waals surface area contributed by atoms with E-state index in [1.165, 1.54) is 22.5 Å². The largest absolute Gasteiger partial charge is 0.393 e. The number of urea groups is 1. The minimum Gasteiger partial charge on any atom is -0.393 e. The summed E-state index contributed by atoms with van der Waals surface area (Å²) in [5, 5.41) is 24.5. The topological polar surface area (TPSA) is 87.1 Å². The molecule has 0 aliphatic heterocycles. The summed E-state index contributed by atoms with van der Waals surface area (Å²) in [6.07, 6.45) is 2.32. The maximum absolute atomic E-state index is 12.0. The second-order valence-electron chi connectivity index (χ2n) is 6.46. The SMILES string of the molecule is Cc1cc(C)cc(-c2nnc(NC(=O)NC[C@H]3CC[C@@H](O)C3)s2)c1. The van der Waals surface area contributed by atoms with Crippen LogP contribution >= 0.6 is 11.3 Å². The summed E-state index contributed by atoms with van der Waals surface area (Å²) in [5.74, 6) is 0.353. The highest BCUT2D eigenvalue weighted by Crippen LogP contribution is 2.28. The second-order valence-corrected chi connectivity index (χ2v) is 7.43. The Balaban J connectivity index is 1.56. The summed E-state index contributed by atoms with van der Waals surface area (Å²) in [6.45, 7) is 4.67. The quantitative estimate of drug-likeness (QED) is 0.794. The van der Waals surface area contributed by atoms with Gasteiger partial charge in [0.2, 0.25) is 5.13 Å². The lowest BCUT2D eigenvalue weighted by Crippen LogP contribution is -2.32. The summed E-state index contributed by atoms with van der Waals surface area (Å²) in [4.78, 5) is 12.0. The number of hydrogen-bond acceptors (Lipinski definition) is 5. The standard InChI is InChI=1S/C17H22N4O2S/c1-10-5-11(2)7-13(6-10)15-20-21-17(24-15)19-16(23)18-9-12-3-4-14(22)8-12/h5-7,12,14,22H,3-4,8-9H2,1-2H3,(H2,18,19,21,23)/t12-,14+/m0/s1. The van der Waals surface area contributed by atoms with Gasteiger partial charge in [0, 0.05) is 12.1 Å². The fourth-order valence-corrected chi connectivity index (χ4v) is 3.83. The fourth-order valence-electron chi connectivity index (χ4n) is 3.10. The summed E-state index contributed by atoms with van der Waals surface area (Å²) in [5.41, 5.74) is 3.36. The minimum atomic E-state index is -0.278. The normalized spacial score (nSPS) is 20.1. The van der Waals surface area contributed by atoms with Crippen LogP contribution in [0.3, 0.4) is 0 Å². The van der Waals surface area contributed by atoms with Crippen molar-refractivity contribution in [2.45, 2.75) is 39.2 Å². The van der Waals surface area contributed by atoms with E-state index in [9.17, 15) is 9.90 Å². The molecule has 1 aromatic carbocycles. The molecule has 2 amide bonds. The maximum atomic E-state index is 12.0. The van der Waals surface area contributed by atoms with Crippen molar-refractivity contribution in [2.24, 2.45) is 5.92 Å². The average Bonchev–Trinajstić information content (AvgIpc) is 3.13. The molecule has 7 heteroatoms. The molecule has 24 heavy (non-hydrogen) atoms. The van der Waals surface area contributed by atoms with Crippen LogP contribution in [-0.4, -0.2) is 34.0 Å². The Morgan fingerprint density at radius 3 is 2.67 bits per heavy atom. The molecule has 3 rings (SSSR count). The van der Waals surface area contributed by atoms with Gasteiger partial charge in [-0.05, 0) is 51.2 Å². The van der Waals surface area contributed by atoms with Gasteiger partial charge in [-0.3, -0.25) is 5.32 Å². The Kier molecular flexibility index (Phi) is 5.11. The van der Waals surface area contributed by atoms with E-state index < -0.39 is 0 Å². The lowest BCUT2D eigenvalue weighted by Gasteiger charge is -2.10. The highest BCUT2D eigenvalue weighted by molar-refractivity contribution is 7.18. The van der Waals surface area contributed by atoms with Gasteiger partial charge in [-0.1, -0.05) is 28.5 Å². The first-order valence-electron chi connectivity index (χ1n) is 8.14. The fraction of sp³-hybridized carbons (Fsp3) is 0.471. The van der Waals surface area contributed by atoms with Crippen molar-refractivity contribution in [3.05, 3.63) is 29.3 Å². The molecule has 0 radical (unpaired) electrons. The molecule has 1 aromatic heterocycles. The molecule has 0 unspecified atom stereocenters. The molecular formula is C17H22N4O2S. The van der Waals surface area contributed by atoms with Crippen molar-refractivity contribution in [3.8, 4) is 10.6 Å². The molecule has 0 saturated heterocycles. The molecule has 1 fully saturated rings. The van der Waals surface area contributed by atoms with Crippen LogP contribution in [0.5, 0.6) is 0 Å². The molecule has 6 nitrogen and oxygen atoms in total. The van der Waals surface area contributed by atoms with Gasteiger partial charge in [-0.15, -0.1) is 10.2 Å². The maximum Gasteiger partial charge on any atom is 0.321 e. The van der Waals surface area contributed by atoms with Crippen LogP contribution in [-0.2, 0) is 0 Å². The van der Waals surface area contributed by atoms with Gasteiger partial charge in [-0.25, -0.2) is 4.79 Å². The zero-order valence-electron chi connectivity index (χ0n) is 13.9. The van der Waals surface area contributed by atoms with E-state index in [1.807, 2.05) is 13.8 Å². The zero-order chi connectivity index (χ0) is 17.1. The van der Waals surface area contributed by atoms with E-state index in [2.05, 4.69) is 39.0 Å². The number of benzene rings is 1. The summed E-state index contributed by atoms with van der Waals surface area (Å²) < 4.78 is 0. The van der Waals surface area contributed by atoms with Gasteiger partial charge in [0.15, 0.2) is 0 Å². The van der Waals surface area contributed by atoms with Crippen LogP contribution in [0.4, 0.5) is 9.93 Å². The average molecular weight is 346 g/mol. The van der Waals surface area contributed by atoms with Crippen LogP contribution in [0.1, 0.15) is 30.4 Å². The molecule has 3 N–H and O–H groups in total. The van der Waals surface area contributed by atoms with Crippen molar-refractivity contribution in [1.82, 2.24) is 15.5 Å². The first-order chi connectivity index (χ1) is 11.5. The number of nitrogens with zero attached hydrogens (tertiary/aromatic N) is 2. The number of rotatable bonds is 4. The number of aryl methyl sites for hydroxylation is 2. The smallest absolute Gasteiger partial charge is 0.321 e. The molecule has 1 saturated carbocycles. The third kappa shape index (κ3) is 4.30. The molecule has 128 valence electrons. The number of carbonyl (C=O) groups is 1. The van der Waals surface area contributed by atoms with Crippen LogP contribution < -0.4 is 10.6 Å². The number of anilines is 1. The van der Waals surface area contributed by atoms with Gasteiger partial charge >= 0.3 is 6.03 Å². The lowest BCUT2D eigenvalue weighted by atomic mass is 10.1. The van der Waals surface area contributed by atoms with Crippen LogP contribution in [0.15, 0.2) is 18.2 Å². The predicted octanol–water partition coefficient (Wildman–Crippen LogP) is 3.10. The van der Waals surface area contributed by atoms with Crippen LogP contribution in [0.25, 0.3) is 10.6 Å². The first-order valence-corrected chi connectivity index (χ1v) is 8.96. The van der Waals surface area contributed by atoms with E-state index in [0.29, 0.717) is 17.6 Å². The van der Waals surface area contributed by atoms with E-state index in [1.54, 1.807) is 0 Å². The molecule has 2 aromatic rings. The van der Waals surface area contributed by atoms with Crippen molar-refractivity contribution < 1.29 is 9.90 Å². The third-order valence-corrected chi connectivity index (χ3v) is 5.07. The Bertz CT molecular complexity index is 711.